The number of carbonyl (C=O) groups excluding carboxylic acids is 1. The van der Waals surface area contributed by atoms with Gasteiger partial charge in [-0.3, -0.25) is 4.79 Å². The smallest absolute Gasteiger partial charge is 0.258 e. The molecular weight excluding hydrogens is 271 g/mol. The zero-order valence-electron chi connectivity index (χ0n) is 9.58. The Morgan fingerprint density at radius 1 is 1.17 bits per heavy atom. The fourth-order valence-corrected chi connectivity index (χ4v) is 1.86. The van der Waals surface area contributed by atoms with Crippen LogP contribution in [0.15, 0.2) is 36.4 Å². The summed E-state index contributed by atoms with van der Waals surface area (Å²) in [7, 11) is 0. The first-order valence-corrected chi connectivity index (χ1v) is 6.02. The van der Waals surface area contributed by atoms with Gasteiger partial charge < -0.3 is 5.32 Å². The van der Waals surface area contributed by atoms with E-state index in [0.29, 0.717) is 21.6 Å². The fraction of sp³-hybridized carbons (Fsp3) is 0.0769. The normalized spacial score (nSPS) is 10.2. The predicted molar refractivity (Wildman–Crippen MR) is 73.4 cm³/mol. The molecule has 0 unspecified atom stereocenters. The molecule has 0 saturated heterocycles. The lowest BCUT2D eigenvalue weighted by Gasteiger charge is -2.07. The van der Waals surface area contributed by atoms with Gasteiger partial charge in [0.25, 0.3) is 5.91 Å². The minimum atomic E-state index is -0.307. The van der Waals surface area contributed by atoms with Gasteiger partial charge in [0, 0.05) is 0 Å². The second-order valence-corrected chi connectivity index (χ2v) is 4.50. The Morgan fingerprint density at radius 2 is 1.89 bits per heavy atom. The van der Waals surface area contributed by atoms with Crippen molar-refractivity contribution in [3.8, 4) is 0 Å². The quantitative estimate of drug-likeness (QED) is 0.847. The number of nitrogens with zero attached hydrogens (tertiary/aromatic N) is 1. The Morgan fingerprint density at radius 3 is 2.61 bits per heavy atom. The molecule has 1 amide bonds. The van der Waals surface area contributed by atoms with E-state index >= 15 is 0 Å². The van der Waals surface area contributed by atoms with Crippen molar-refractivity contribution in [1.82, 2.24) is 4.98 Å². The molecular formula is C13H10Cl2N2O. The summed E-state index contributed by atoms with van der Waals surface area (Å²) in [5, 5.41) is 3.41. The molecule has 0 aliphatic heterocycles. The molecule has 92 valence electrons. The largest absolute Gasteiger partial charge is 0.306 e. The molecule has 0 fully saturated rings. The monoisotopic (exact) mass is 280 g/mol. The number of aryl methyl sites for hydroxylation is 1. The van der Waals surface area contributed by atoms with E-state index < -0.39 is 0 Å². The van der Waals surface area contributed by atoms with Crippen LogP contribution in [0.4, 0.5) is 5.82 Å². The van der Waals surface area contributed by atoms with Crippen molar-refractivity contribution in [2.45, 2.75) is 6.92 Å². The maximum atomic E-state index is 12.0. The number of rotatable bonds is 2. The van der Waals surface area contributed by atoms with Gasteiger partial charge in [-0.25, -0.2) is 4.98 Å². The van der Waals surface area contributed by atoms with Gasteiger partial charge in [0.2, 0.25) is 0 Å². The van der Waals surface area contributed by atoms with Crippen LogP contribution in [-0.4, -0.2) is 10.9 Å². The molecule has 2 rings (SSSR count). The number of aromatic nitrogens is 1. The fourth-order valence-electron chi connectivity index (χ4n) is 1.48. The molecule has 1 aromatic heterocycles. The topological polar surface area (TPSA) is 42.0 Å². The van der Waals surface area contributed by atoms with Crippen LogP contribution < -0.4 is 5.32 Å². The summed E-state index contributed by atoms with van der Waals surface area (Å²) in [6.45, 7) is 1.84. The van der Waals surface area contributed by atoms with Crippen molar-refractivity contribution in [3.05, 3.63) is 57.7 Å². The van der Waals surface area contributed by atoms with Gasteiger partial charge >= 0.3 is 0 Å². The zero-order valence-corrected chi connectivity index (χ0v) is 11.1. The van der Waals surface area contributed by atoms with E-state index in [1.54, 1.807) is 30.3 Å². The van der Waals surface area contributed by atoms with Crippen LogP contribution in [0.1, 0.15) is 15.9 Å². The third kappa shape index (κ3) is 2.81. The highest BCUT2D eigenvalue weighted by Crippen LogP contribution is 2.21. The van der Waals surface area contributed by atoms with Crippen molar-refractivity contribution in [2.75, 3.05) is 5.32 Å². The van der Waals surface area contributed by atoms with Crippen molar-refractivity contribution >= 4 is 34.9 Å². The van der Waals surface area contributed by atoms with E-state index in [0.717, 1.165) is 5.56 Å². The second-order valence-electron chi connectivity index (χ2n) is 3.74. The minimum absolute atomic E-state index is 0.307. The molecule has 0 radical (unpaired) electrons. The van der Waals surface area contributed by atoms with Crippen LogP contribution in [0.3, 0.4) is 0 Å². The molecule has 0 saturated carbocycles. The molecule has 2 aromatic rings. The van der Waals surface area contributed by atoms with Crippen LogP contribution in [0.5, 0.6) is 0 Å². The summed E-state index contributed by atoms with van der Waals surface area (Å²) >= 11 is 11.8. The Labute approximate surface area is 115 Å². The molecule has 1 aromatic carbocycles. The Bertz CT molecular complexity index is 599. The first kappa shape index (κ1) is 12.9. The van der Waals surface area contributed by atoms with Crippen LogP contribution in [0, 0.1) is 6.92 Å². The van der Waals surface area contributed by atoms with E-state index in [4.69, 9.17) is 23.2 Å². The number of hydrogen-bond acceptors (Lipinski definition) is 2. The van der Waals surface area contributed by atoms with Gasteiger partial charge in [0.1, 0.15) is 11.0 Å². The van der Waals surface area contributed by atoms with Crippen LogP contribution in [0.2, 0.25) is 10.2 Å². The number of benzene rings is 1. The Balaban J connectivity index is 2.25. The van der Waals surface area contributed by atoms with Gasteiger partial charge in [-0.1, -0.05) is 41.4 Å². The Hall–Kier alpha value is -1.58. The van der Waals surface area contributed by atoms with Gasteiger partial charge in [-0.15, -0.1) is 0 Å². The van der Waals surface area contributed by atoms with Crippen molar-refractivity contribution in [3.63, 3.8) is 0 Å². The van der Waals surface area contributed by atoms with Gasteiger partial charge in [0.15, 0.2) is 0 Å². The molecule has 1 N–H and O–H groups in total. The highest BCUT2D eigenvalue weighted by molar-refractivity contribution is 6.35. The van der Waals surface area contributed by atoms with E-state index in [1.807, 2.05) is 13.0 Å². The number of carbonyl (C=O) groups is 1. The highest BCUT2D eigenvalue weighted by atomic mass is 35.5. The maximum absolute atomic E-state index is 12.0. The first-order valence-electron chi connectivity index (χ1n) is 5.27. The minimum Gasteiger partial charge on any atom is -0.306 e. The maximum Gasteiger partial charge on any atom is 0.258 e. The molecule has 5 heteroatoms. The van der Waals surface area contributed by atoms with Gasteiger partial charge in [-0.05, 0) is 30.7 Å². The summed E-state index contributed by atoms with van der Waals surface area (Å²) in [6, 6.07) is 10.3. The van der Waals surface area contributed by atoms with E-state index in [1.165, 1.54) is 0 Å². The highest BCUT2D eigenvalue weighted by Gasteiger charge is 2.12. The molecule has 0 spiro atoms. The van der Waals surface area contributed by atoms with E-state index in [9.17, 15) is 4.79 Å². The van der Waals surface area contributed by atoms with Gasteiger partial charge in [-0.2, -0.15) is 0 Å². The van der Waals surface area contributed by atoms with E-state index in [2.05, 4.69) is 10.3 Å². The molecule has 0 aliphatic rings. The second kappa shape index (κ2) is 5.38. The number of pyridine rings is 1. The third-order valence-electron chi connectivity index (χ3n) is 2.39. The number of hydrogen-bond donors (Lipinski definition) is 1. The summed E-state index contributed by atoms with van der Waals surface area (Å²) in [5.74, 6) is 0.0866. The number of nitrogens with one attached hydrogen (secondary N) is 1. The molecule has 0 aliphatic carbocycles. The third-order valence-corrected chi connectivity index (χ3v) is 3.11. The number of amides is 1. The average molecular weight is 281 g/mol. The van der Waals surface area contributed by atoms with Gasteiger partial charge in [0.05, 0.1) is 10.6 Å². The molecule has 1 heterocycles. The van der Waals surface area contributed by atoms with Crippen LogP contribution in [-0.2, 0) is 0 Å². The lowest BCUT2D eigenvalue weighted by atomic mass is 10.1. The predicted octanol–water partition coefficient (Wildman–Crippen LogP) is 3.95. The Kier molecular flexibility index (Phi) is 3.84. The van der Waals surface area contributed by atoms with Crippen molar-refractivity contribution < 1.29 is 4.79 Å². The molecule has 0 bridgehead atoms. The van der Waals surface area contributed by atoms with Crippen molar-refractivity contribution in [2.24, 2.45) is 0 Å². The lowest BCUT2D eigenvalue weighted by molar-refractivity contribution is 0.102. The molecule has 18 heavy (non-hydrogen) atoms. The zero-order chi connectivity index (χ0) is 13.1. The summed E-state index contributed by atoms with van der Waals surface area (Å²) < 4.78 is 0. The number of halogens is 2. The lowest BCUT2D eigenvalue weighted by Crippen LogP contribution is -2.13. The average Bonchev–Trinajstić information content (AvgIpc) is 2.32. The van der Waals surface area contributed by atoms with Crippen LogP contribution >= 0.6 is 23.2 Å². The van der Waals surface area contributed by atoms with Crippen LogP contribution in [0.25, 0.3) is 0 Å². The molecule has 3 nitrogen and oxygen atoms in total. The number of anilines is 1. The summed E-state index contributed by atoms with van der Waals surface area (Å²) in [5.41, 5.74) is 1.27. The summed E-state index contributed by atoms with van der Waals surface area (Å²) in [6.07, 6.45) is 0. The standard InChI is InChI=1S/C13H10Cl2N2O/c1-8-4-2-5-9(12(8)15)13(18)17-11-7-3-6-10(14)16-11/h2-7H,1H3,(H,16,17,18). The van der Waals surface area contributed by atoms with E-state index in [-0.39, 0.29) is 5.91 Å². The summed E-state index contributed by atoms with van der Waals surface area (Å²) in [4.78, 5) is 16.0. The first-order chi connectivity index (χ1) is 8.58. The van der Waals surface area contributed by atoms with Crippen molar-refractivity contribution in [1.29, 1.82) is 0 Å². The molecule has 0 atom stereocenters. The SMILES string of the molecule is Cc1cccc(C(=O)Nc2cccc(Cl)n2)c1Cl.